The van der Waals surface area contributed by atoms with Gasteiger partial charge in [0.25, 0.3) is 0 Å². The molecule has 1 saturated carbocycles. The summed E-state index contributed by atoms with van der Waals surface area (Å²) < 4.78 is 0.819. The van der Waals surface area contributed by atoms with Crippen molar-refractivity contribution >= 4 is 27.7 Å². The van der Waals surface area contributed by atoms with Gasteiger partial charge in [0.2, 0.25) is 5.91 Å². The van der Waals surface area contributed by atoms with Crippen molar-refractivity contribution in [3.05, 3.63) is 22.8 Å². The number of halogens is 1. The molecule has 3 rings (SSSR count). The van der Waals surface area contributed by atoms with Gasteiger partial charge in [-0.15, -0.1) is 0 Å². The Morgan fingerprint density at radius 2 is 2.39 bits per heavy atom. The zero-order chi connectivity index (χ0) is 12.5. The molecule has 2 N–H and O–H groups in total. The lowest BCUT2D eigenvalue weighted by atomic mass is 9.94. The summed E-state index contributed by atoms with van der Waals surface area (Å²) in [7, 11) is 0. The topological polar surface area (TPSA) is 54.0 Å². The molecule has 2 fully saturated rings. The number of hydrogen-bond donors (Lipinski definition) is 2. The van der Waals surface area contributed by atoms with Crippen molar-refractivity contribution in [1.82, 2.24) is 10.3 Å². The number of fused-ring (bicyclic) bond motifs is 1. The van der Waals surface area contributed by atoms with Crippen LogP contribution in [-0.2, 0) is 4.79 Å². The van der Waals surface area contributed by atoms with Gasteiger partial charge in [0.05, 0.1) is 10.5 Å². The van der Waals surface area contributed by atoms with Crippen molar-refractivity contribution < 1.29 is 4.79 Å². The highest BCUT2D eigenvalue weighted by Crippen LogP contribution is 2.38. The summed E-state index contributed by atoms with van der Waals surface area (Å²) in [5.74, 6) is 1.84. The number of nitrogens with zero attached hydrogens (tertiary/aromatic N) is 1. The van der Waals surface area contributed by atoms with Crippen LogP contribution < -0.4 is 10.6 Å². The summed E-state index contributed by atoms with van der Waals surface area (Å²) >= 11 is 3.39. The number of carbonyl (C=O) groups is 1. The number of aromatic nitrogens is 1. The third-order valence-corrected chi connectivity index (χ3v) is 4.67. The molecule has 0 radical (unpaired) electrons. The van der Waals surface area contributed by atoms with Crippen molar-refractivity contribution in [2.75, 3.05) is 11.9 Å². The zero-order valence-electron chi connectivity index (χ0n) is 10.0. The molecule has 2 heterocycles. The zero-order valence-corrected chi connectivity index (χ0v) is 11.6. The second-order valence-corrected chi connectivity index (χ2v) is 5.92. The minimum atomic E-state index is -0.0496. The fourth-order valence-corrected chi connectivity index (χ4v) is 3.50. The Kier molecular flexibility index (Phi) is 3.35. The van der Waals surface area contributed by atoms with Crippen molar-refractivity contribution in [3.8, 4) is 0 Å². The number of nitrogens with one attached hydrogen (secondary N) is 2. The maximum absolute atomic E-state index is 12.3. The Morgan fingerprint density at radius 3 is 3.22 bits per heavy atom. The molecule has 4 nitrogen and oxygen atoms in total. The van der Waals surface area contributed by atoms with Crippen LogP contribution in [0.15, 0.2) is 22.8 Å². The molecule has 1 aromatic rings. The summed E-state index contributed by atoms with van der Waals surface area (Å²) in [6, 6.07) is 3.66. The number of pyridine rings is 1. The Balaban J connectivity index is 1.70. The first-order chi connectivity index (χ1) is 8.75. The van der Waals surface area contributed by atoms with E-state index in [4.69, 9.17) is 0 Å². The highest BCUT2D eigenvalue weighted by Gasteiger charge is 2.42. The smallest absolute Gasteiger partial charge is 0.242 e. The maximum atomic E-state index is 12.3. The van der Waals surface area contributed by atoms with Crippen LogP contribution in [-0.4, -0.2) is 23.5 Å². The van der Waals surface area contributed by atoms with E-state index in [2.05, 4.69) is 31.5 Å². The predicted octanol–water partition coefficient (Wildman–Crippen LogP) is 2.17. The summed E-state index contributed by atoms with van der Waals surface area (Å²) in [4.78, 5) is 16.4. The molecule has 1 amide bonds. The van der Waals surface area contributed by atoms with Gasteiger partial charge >= 0.3 is 0 Å². The van der Waals surface area contributed by atoms with E-state index < -0.39 is 0 Å². The van der Waals surface area contributed by atoms with E-state index in [0.717, 1.165) is 11.0 Å². The van der Waals surface area contributed by atoms with Crippen LogP contribution in [0.5, 0.6) is 0 Å². The van der Waals surface area contributed by atoms with Gasteiger partial charge in [0.1, 0.15) is 5.82 Å². The fourth-order valence-electron chi connectivity index (χ4n) is 3.15. The lowest BCUT2D eigenvalue weighted by Gasteiger charge is -2.17. The minimum Gasteiger partial charge on any atom is -0.308 e. The van der Waals surface area contributed by atoms with Crippen LogP contribution in [0, 0.1) is 11.8 Å². The first-order valence-corrected chi connectivity index (χ1v) is 7.20. The molecular formula is C13H16BrN3O. The van der Waals surface area contributed by atoms with Crippen LogP contribution in [0.1, 0.15) is 19.3 Å². The van der Waals surface area contributed by atoms with Crippen LogP contribution in [0.4, 0.5) is 5.82 Å². The number of carbonyl (C=O) groups excluding carboxylic acids is 1. The van der Waals surface area contributed by atoms with Gasteiger partial charge in [0, 0.05) is 6.20 Å². The monoisotopic (exact) mass is 309 g/mol. The van der Waals surface area contributed by atoms with Crippen molar-refractivity contribution in [2.45, 2.75) is 25.3 Å². The van der Waals surface area contributed by atoms with E-state index in [1.807, 2.05) is 12.1 Å². The average Bonchev–Trinajstić information content (AvgIpc) is 2.93. The van der Waals surface area contributed by atoms with Crippen molar-refractivity contribution in [3.63, 3.8) is 0 Å². The normalized spacial score (nSPS) is 30.2. The minimum absolute atomic E-state index is 0.0452. The maximum Gasteiger partial charge on any atom is 0.242 e. The van der Waals surface area contributed by atoms with Gasteiger partial charge in [-0.2, -0.15) is 0 Å². The van der Waals surface area contributed by atoms with Crippen LogP contribution in [0.2, 0.25) is 0 Å². The first kappa shape index (κ1) is 12.1. The summed E-state index contributed by atoms with van der Waals surface area (Å²) in [5, 5.41) is 6.25. The van der Waals surface area contributed by atoms with Crippen LogP contribution in [0.25, 0.3) is 0 Å². The molecule has 18 heavy (non-hydrogen) atoms. The predicted molar refractivity (Wildman–Crippen MR) is 73.2 cm³/mol. The summed E-state index contributed by atoms with van der Waals surface area (Å²) in [6.45, 7) is 0.978. The van der Waals surface area contributed by atoms with E-state index in [1.165, 1.54) is 19.3 Å². The van der Waals surface area contributed by atoms with E-state index in [0.29, 0.717) is 17.7 Å². The Hall–Kier alpha value is -0.940. The fraction of sp³-hybridized carbons (Fsp3) is 0.538. The highest BCUT2D eigenvalue weighted by molar-refractivity contribution is 9.10. The van der Waals surface area contributed by atoms with E-state index >= 15 is 0 Å². The van der Waals surface area contributed by atoms with E-state index in [-0.39, 0.29) is 11.9 Å². The first-order valence-electron chi connectivity index (χ1n) is 6.40. The molecule has 0 bridgehead atoms. The van der Waals surface area contributed by atoms with Gasteiger partial charge in [-0.3, -0.25) is 4.79 Å². The quantitative estimate of drug-likeness (QED) is 0.880. The SMILES string of the molecule is O=C(Nc1ncccc1Br)C1NCC2CCCC21. The van der Waals surface area contributed by atoms with Gasteiger partial charge in [-0.25, -0.2) is 4.98 Å². The number of anilines is 1. The number of hydrogen-bond acceptors (Lipinski definition) is 3. The Morgan fingerprint density at radius 1 is 1.50 bits per heavy atom. The third kappa shape index (κ3) is 2.17. The molecule has 5 heteroatoms. The number of rotatable bonds is 2. The largest absolute Gasteiger partial charge is 0.308 e. The Bertz CT molecular complexity index is 465. The highest BCUT2D eigenvalue weighted by atomic mass is 79.9. The summed E-state index contributed by atoms with van der Waals surface area (Å²) in [6.07, 6.45) is 5.36. The number of amides is 1. The molecule has 1 aliphatic carbocycles. The second-order valence-electron chi connectivity index (χ2n) is 5.06. The van der Waals surface area contributed by atoms with Gasteiger partial charge in [-0.05, 0) is 59.3 Å². The van der Waals surface area contributed by atoms with Crippen LogP contribution in [0.3, 0.4) is 0 Å². The van der Waals surface area contributed by atoms with Gasteiger partial charge in [-0.1, -0.05) is 6.42 Å². The molecule has 96 valence electrons. The average molecular weight is 310 g/mol. The standard InChI is InChI=1S/C13H16BrN3O/c14-10-5-2-6-15-12(10)17-13(18)11-9-4-1-3-8(9)7-16-11/h2,5-6,8-9,11,16H,1,3-4,7H2,(H,15,17,18). The van der Waals surface area contributed by atoms with Gasteiger partial charge in [0.15, 0.2) is 0 Å². The molecular weight excluding hydrogens is 294 g/mol. The molecule has 3 unspecified atom stereocenters. The molecule has 1 saturated heterocycles. The second kappa shape index (κ2) is 4.97. The molecule has 0 spiro atoms. The van der Waals surface area contributed by atoms with Gasteiger partial charge < -0.3 is 10.6 Å². The Labute approximate surface area is 115 Å². The van der Waals surface area contributed by atoms with E-state index in [9.17, 15) is 4.79 Å². The molecule has 2 aliphatic rings. The third-order valence-electron chi connectivity index (χ3n) is 4.03. The summed E-state index contributed by atoms with van der Waals surface area (Å²) in [5.41, 5.74) is 0. The lowest BCUT2D eigenvalue weighted by Crippen LogP contribution is -2.40. The molecule has 3 atom stereocenters. The molecule has 0 aromatic carbocycles. The molecule has 1 aromatic heterocycles. The lowest BCUT2D eigenvalue weighted by molar-refractivity contribution is -0.118. The van der Waals surface area contributed by atoms with E-state index in [1.54, 1.807) is 6.20 Å². The molecule has 1 aliphatic heterocycles. The van der Waals surface area contributed by atoms with Crippen LogP contribution >= 0.6 is 15.9 Å². The van der Waals surface area contributed by atoms with Crippen molar-refractivity contribution in [1.29, 1.82) is 0 Å². The van der Waals surface area contributed by atoms with Crippen molar-refractivity contribution in [2.24, 2.45) is 11.8 Å².